The van der Waals surface area contributed by atoms with E-state index in [9.17, 15) is 9.59 Å². The Morgan fingerprint density at radius 1 is 1.15 bits per heavy atom. The third-order valence-corrected chi connectivity index (χ3v) is 2.47. The minimum absolute atomic E-state index is 0.227. The molecule has 0 fully saturated rings. The fourth-order valence-corrected chi connectivity index (χ4v) is 1.70. The number of hydrogen-bond acceptors (Lipinski definition) is 5. The lowest BCUT2D eigenvalue weighted by molar-refractivity contribution is -0.166. The molecule has 0 aliphatic rings. The molecule has 0 aromatic carbocycles. The van der Waals surface area contributed by atoms with E-state index in [2.05, 4.69) is 5.10 Å². The first kappa shape index (κ1) is 16.2. The van der Waals surface area contributed by atoms with Gasteiger partial charge >= 0.3 is 11.9 Å². The standard InChI is InChI=1S/C14H22N2O4/c1-9(2)19-13(17)12(14(18)20-10(3)4)6-11-7-15-16(5)8-11/h7-10,12H,6H2,1-5H3. The molecular formula is C14H22N2O4. The summed E-state index contributed by atoms with van der Waals surface area (Å²) in [6.07, 6.45) is 3.07. The third kappa shape index (κ3) is 5.03. The van der Waals surface area contributed by atoms with Crippen LogP contribution in [0.1, 0.15) is 33.3 Å². The van der Waals surface area contributed by atoms with Gasteiger partial charge in [-0.1, -0.05) is 0 Å². The Balaban J connectivity index is 2.83. The molecular weight excluding hydrogens is 260 g/mol. The number of nitrogens with zero attached hydrogens (tertiary/aromatic N) is 2. The molecule has 6 nitrogen and oxygen atoms in total. The van der Waals surface area contributed by atoms with Crippen LogP contribution in [-0.2, 0) is 32.5 Å². The average Bonchev–Trinajstić information content (AvgIpc) is 2.69. The van der Waals surface area contributed by atoms with Crippen molar-refractivity contribution in [3.05, 3.63) is 18.0 Å². The molecule has 1 heterocycles. The molecule has 1 aromatic heterocycles. The van der Waals surface area contributed by atoms with Crippen LogP contribution in [0.4, 0.5) is 0 Å². The molecule has 0 saturated heterocycles. The van der Waals surface area contributed by atoms with Crippen LogP contribution in [0.2, 0.25) is 0 Å². The Kier molecular flexibility index (Phi) is 5.73. The van der Waals surface area contributed by atoms with Crippen LogP contribution in [0.15, 0.2) is 12.4 Å². The second-order valence-electron chi connectivity index (χ2n) is 5.25. The number of aryl methyl sites for hydroxylation is 1. The number of rotatable bonds is 6. The van der Waals surface area contributed by atoms with Gasteiger partial charge in [-0.25, -0.2) is 0 Å². The number of carbonyl (C=O) groups excluding carboxylic acids is 2. The van der Waals surface area contributed by atoms with E-state index >= 15 is 0 Å². The molecule has 0 unspecified atom stereocenters. The zero-order chi connectivity index (χ0) is 15.3. The van der Waals surface area contributed by atoms with Crippen LogP contribution in [0.25, 0.3) is 0 Å². The van der Waals surface area contributed by atoms with Crippen molar-refractivity contribution in [1.29, 1.82) is 0 Å². The predicted molar refractivity (Wildman–Crippen MR) is 72.9 cm³/mol. The van der Waals surface area contributed by atoms with E-state index in [1.54, 1.807) is 51.8 Å². The van der Waals surface area contributed by atoms with E-state index in [-0.39, 0.29) is 18.6 Å². The van der Waals surface area contributed by atoms with Crippen molar-refractivity contribution < 1.29 is 19.1 Å². The van der Waals surface area contributed by atoms with Crippen molar-refractivity contribution in [2.24, 2.45) is 13.0 Å². The monoisotopic (exact) mass is 282 g/mol. The van der Waals surface area contributed by atoms with Gasteiger partial charge in [0, 0.05) is 13.2 Å². The quantitative estimate of drug-likeness (QED) is 0.584. The molecule has 0 bridgehead atoms. The van der Waals surface area contributed by atoms with Crippen LogP contribution in [0.3, 0.4) is 0 Å². The predicted octanol–water partition coefficient (Wildman–Crippen LogP) is 1.48. The minimum atomic E-state index is -0.955. The fraction of sp³-hybridized carbons (Fsp3) is 0.643. The summed E-state index contributed by atoms with van der Waals surface area (Å²) in [7, 11) is 1.78. The second-order valence-corrected chi connectivity index (χ2v) is 5.25. The molecule has 6 heteroatoms. The Bertz CT molecular complexity index is 443. The lowest BCUT2D eigenvalue weighted by Gasteiger charge is -2.17. The first-order valence-electron chi connectivity index (χ1n) is 6.68. The van der Waals surface area contributed by atoms with Gasteiger partial charge in [-0.3, -0.25) is 14.3 Å². The maximum absolute atomic E-state index is 12.0. The lowest BCUT2D eigenvalue weighted by Crippen LogP contribution is -2.32. The Morgan fingerprint density at radius 3 is 2.00 bits per heavy atom. The van der Waals surface area contributed by atoms with Gasteiger partial charge < -0.3 is 9.47 Å². The Labute approximate surface area is 119 Å². The fourth-order valence-electron chi connectivity index (χ4n) is 1.70. The van der Waals surface area contributed by atoms with E-state index in [0.29, 0.717) is 0 Å². The maximum Gasteiger partial charge on any atom is 0.320 e. The van der Waals surface area contributed by atoms with Crippen LogP contribution >= 0.6 is 0 Å². The smallest absolute Gasteiger partial charge is 0.320 e. The highest BCUT2D eigenvalue weighted by Gasteiger charge is 2.31. The first-order chi connectivity index (χ1) is 9.29. The molecule has 0 saturated carbocycles. The Morgan fingerprint density at radius 2 is 1.65 bits per heavy atom. The zero-order valence-electron chi connectivity index (χ0n) is 12.6. The number of ether oxygens (including phenoxy) is 2. The van der Waals surface area contributed by atoms with Crippen molar-refractivity contribution in [3.8, 4) is 0 Å². The number of hydrogen-bond donors (Lipinski definition) is 0. The number of esters is 2. The van der Waals surface area contributed by atoms with Gasteiger partial charge in [0.1, 0.15) is 0 Å². The van der Waals surface area contributed by atoms with Gasteiger partial charge in [-0.05, 0) is 39.7 Å². The van der Waals surface area contributed by atoms with Gasteiger partial charge in [0.15, 0.2) is 5.92 Å². The largest absolute Gasteiger partial charge is 0.462 e. The van der Waals surface area contributed by atoms with E-state index < -0.39 is 17.9 Å². The SMILES string of the molecule is CC(C)OC(=O)C(Cc1cnn(C)c1)C(=O)OC(C)C. The Hall–Kier alpha value is -1.85. The van der Waals surface area contributed by atoms with Gasteiger partial charge in [0.25, 0.3) is 0 Å². The van der Waals surface area contributed by atoms with Crippen molar-refractivity contribution in [2.75, 3.05) is 0 Å². The van der Waals surface area contributed by atoms with Crippen molar-refractivity contribution in [2.45, 2.75) is 46.3 Å². The number of aromatic nitrogens is 2. The summed E-state index contributed by atoms with van der Waals surface area (Å²) >= 11 is 0. The first-order valence-corrected chi connectivity index (χ1v) is 6.68. The van der Waals surface area contributed by atoms with Crippen molar-refractivity contribution in [1.82, 2.24) is 9.78 Å². The summed E-state index contributed by atoms with van der Waals surface area (Å²) in [4.78, 5) is 24.1. The van der Waals surface area contributed by atoms with Gasteiger partial charge in [-0.2, -0.15) is 5.10 Å². The highest BCUT2D eigenvalue weighted by atomic mass is 16.6. The normalized spacial score (nSPS) is 11.2. The molecule has 0 amide bonds. The molecule has 0 N–H and O–H groups in total. The summed E-state index contributed by atoms with van der Waals surface area (Å²) in [5.41, 5.74) is 0.791. The molecule has 0 radical (unpaired) electrons. The topological polar surface area (TPSA) is 70.4 Å². The van der Waals surface area contributed by atoms with Crippen molar-refractivity contribution >= 4 is 11.9 Å². The summed E-state index contributed by atoms with van der Waals surface area (Å²) in [5.74, 6) is -2.08. The summed E-state index contributed by atoms with van der Waals surface area (Å²) in [5, 5.41) is 4.02. The van der Waals surface area contributed by atoms with Crippen LogP contribution in [0.5, 0.6) is 0 Å². The lowest BCUT2D eigenvalue weighted by atomic mass is 10.0. The highest BCUT2D eigenvalue weighted by molar-refractivity contribution is 5.95. The van der Waals surface area contributed by atoms with E-state index in [4.69, 9.17) is 9.47 Å². The molecule has 20 heavy (non-hydrogen) atoms. The van der Waals surface area contributed by atoms with E-state index in [1.165, 1.54) is 0 Å². The van der Waals surface area contributed by atoms with Crippen LogP contribution < -0.4 is 0 Å². The van der Waals surface area contributed by atoms with E-state index in [1.807, 2.05) is 0 Å². The molecule has 112 valence electrons. The van der Waals surface area contributed by atoms with Gasteiger partial charge in [0.2, 0.25) is 0 Å². The van der Waals surface area contributed by atoms with Crippen molar-refractivity contribution in [3.63, 3.8) is 0 Å². The summed E-state index contributed by atoms with van der Waals surface area (Å²) in [6.45, 7) is 6.97. The molecule has 0 aliphatic carbocycles. The maximum atomic E-state index is 12.0. The molecule has 0 spiro atoms. The van der Waals surface area contributed by atoms with Crippen LogP contribution in [0, 0.1) is 5.92 Å². The highest BCUT2D eigenvalue weighted by Crippen LogP contribution is 2.14. The third-order valence-electron chi connectivity index (χ3n) is 2.47. The van der Waals surface area contributed by atoms with Crippen LogP contribution in [-0.4, -0.2) is 33.9 Å². The second kappa shape index (κ2) is 7.07. The minimum Gasteiger partial charge on any atom is -0.462 e. The number of carbonyl (C=O) groups is 2. The van der Waals surface area contributed by atoms with E-state index in [0.717, 1.165) is 5.56 Å². The van der Waals surface area contributed by atoms with Gasteiger partial charge in [-0.15, -0.1) is 0 Å². The zero-order valence-corrected chi connectivity index (χ0v) is 12.6. The summed E-state index contributed by atoms with van der Waals surface area (Å²) < 4.78 is 11.9. The molecule has 1 rings (SSSR count). The molecule has 0 aliphatic heterocycles. The molecule has 0 atom stereocenters. The average molecular weight is 282 g/mol. The van der Waals surface area contributed by atoms with Gasteiger partial charge in [0.05, 0.1) is 18.4 Å². The molecule has 1 aromatic rings. The summed E-state index contributed by atoms with van der Waals surface area (Å²) in [6, 6.07) is 0.